The van der Waals surface area contributed by atoms with Gasteiger partial charge in [-0.05, 0) is 39.8 Å². The average Bonchev–Trinajstić information content (AvgIpc) is 2.42. The second-order valence-corrected chi connectivity index (χ2v) is 5.28. The molecule has 0 saturated heterocycles. The molecule has 0 atom stereocenters. The zero-order valence-corrected chi connectivity index (χ0v) is 13.2. The largest absolute Gasteiger partial charge is 0.377 e. The van der Waals surface area contributed by atoms with Crippen molar-refractivity contribution in [2.24, 2.45) is 4.99 Å². The van der Waals surface area contributed by atoms with Crippen molar-refractivity contribution >= 4 is 5.96 Å². The standard InChI is InChI=1S/C15H26N4O/c1-6-16-14(18-11-15(3,4)20-5)17-10-13-9-7-8-12(2)19-13/h7-9H,6,10-11H2,1-5H3,(H2,16,17,18). The first-order chi connectivity index (χ1) is 9.46. The van der Waals surface area contributed by atoms with Crippen LogP contribution in [-0.4, -0.2) is 36.7 Å². The normalized spacial score (nSPS) is 12.3. The Morgan fingerprint density at radius 2 is 2.10 bits per heavy atom. The molecule has 0 spiro atoms. The van der Waals surface area contributed by atoms with E-state index in [0.717, 1.165) is 23.9 Å². The van der Waals surface area contributed by atoms with Crippen molar-refractivity contribution in [2.75, 3.05) is 20.2 Å². The van der Waals surface area contributed by atoms with Gasteiger partial charge in [0.05, 0.1) is 17.8 Å². The zero-order valence-electron chi connectivity index (χ0n) is 13.2. The highest BCUT2D eigenvalue weighted by Gasteiger charge is 2.16. The van der Waals surface area contributed by atoms with E-state index in [1.807, 2.05) is 45.9 Å². The van der Waals surface area contributed by atoms with E-state index in [1.165, 1.54) is 0 Å². The summed E-state index contributed by atoms with van der Waals surface area (Å²) in [4.78, 5) is 8.98. The lowest BCUT2D eigenvalue weighted by Crippen LogP contribution is -2.45. The first-order valence-electron chi connectivity index (χ1n) is 6.96. The quantitative estimate of drug-likeness (QED) is 0.616. The van der Waals surface area contributed by atoms with Crippen molar-refractivity contribution in [1.82, 2.24) is 15.6 Å². The van der Waals surface area contributed by atoms with Gasteiger partial charge in [0.15, 0.2) is 5.96 Å². The monoisotopic (exact) mass is 278 g/mol. The van der Waals surface area contributed by atoms with Gasteiger partial charge in [-0.3, -0.25) is 4.98 Å². The number of aryl methyl sites for hydroxylation is 1. The van der Waals surface area contributed by atoms with Gasteiger partial charge in [-0.25, -0.2) is 4.99 Å². The molecule has 0 aliphatic carbocycles. The van der Waals surface area contributed by atoms with Crippen molar-refractivity contribution < 1.29 is 4.74 Å². The molecule has 20 heavy (non-hydrogen) atoms. The number of aliphatic imine (C=N–C) groups is 1. The van der Waals surface area contributed by atoms with E-state index in [9.17, 15) is 0 Å². The van der Waals surface area contributed by atoms with Crippen LogP contribution >= 0.6 is 0 Å². The van der Waals surface area contributed by atoms with Gasteiger partial charge in [-0.15, -0.1) is 0 Å². The Morgan fingerprint density at radius 1 is 1.35 bits per heavy atom. The number of pyridine rings is 1. The van der Waals surface area contributed by atoms with Crippen LogP contribution in [0.5, 0.6) is 0 Å². The molecule has 1 aromatic rings. The predicted octanol–water partition coefficient (Wildman–Crippen LogP) is 1.87. The molecule has 0 aromatic carbocycles. The Kier molecular flexibility index (Phi) is 6.45. The first-order valence-corrected chi connectivity index (χ1v) is 6.96. The molecule has 0 unspecified atom stereocenters. The van der Waals surface area contributed by atoms with Crippen LogP contribution in [0.2, 0.25) is 0 Å². The minimum absolute atomic E-state index is 0.224. The highest BCUT2D eigenvalue weighted by atomic mass is 16.5. The minimum atomic E-state index is -0.224. The van der Waals surface area contributed by atoms with Crippen molar-refractivity contribution in [1.29, 1.82) is 0 Å². The van der Waals surface area contributed by atoms with E-state index >= 15 is 0 Å². The summed E-state index contributed by atoms with van der Waals surface area (Å²) in [6.45, 7) is 10.2. The van der Waals surface area contributed by atoms with Crippen LogP contribution in [0.25, 0.3) is 0 Å². The molecular weight excluding hydrogens is 252 g/mol. The lowest BCUT2D eigenvalue weighted by molar-refractivity contribution is 0.0268. The summed E-state index contributed by atoms with van der Waals surface area (Å²) >= 11 is 0. The smallest absolute Gasteiger partial charge is 0.191 e. The molecule has 1 heterocycles. The van der Waals surface area contributed by atoms with E-state index in [1.54, 1.807) is 7.11 Å². The maximum absolute atomic E-state index is 5.39. The number of rotatable bonds is 6. The Morgan fingerprint density at radius 3 is 2.70 bits per heavy atom. The molecular formula is C15H26N4O. The number of hydrogen-bond acceptors (Lipinski definition) is 3. The van der Waals surface area contributed by atoms with Crippen molar-refractivity contribution in [3.05, 3.63) is 29.6 Å². The molecule has 0 saturated carbocycles. The number of aromatic nitrogens is 1. The predicted molar refractivity (Wildman–Crippen MR) is 82.9 cm³/mol. The van der Waals surface area contributed by atoms with Gasteiger partial charge in [0.2, 0.25) is 0 Å². The molecule has 5 heteroatoms. The molecule has 2 N–H and O–H groups in total. The zero-order chi connectivity index (χ0) is 15.0. The fourth-order valence-corrected chi connectivity index (χ4v) is 1.56. The number of nitrogens with one attached hydrogen (secondary N) is 2. The Hall–Kier alpha value is -1.62. The molecule has 5 nitrogen and oxygen atoms in total. The number of ether oxygens (including phenoxy) is 1. The summed E-state index contributed by atoms with van der Waals surface area (Å²) in [5, 5.41) is 6.50. The second kappa shape index (κ2) is 7.85. The van der Waals surface area contributed by atoms with Gasteiger partial charge in [-0.2, -0.15) is 0 Å². The fraction of sp³-hybridized carbons (Fsp3) is 0.600. The molecule has 0 radical (unpaired) electrons. The molecule has 0 bridgehead atoms. The van der Waals surface area contributed by atoms with Crippen LogP contribution in [-0.2, 0) is 11.3 Å². The lowest BCUT2D eigenvalue weighted by atomic mass is 10.1. The van der Waals surface area contributed by atoms with Gasteiger partial charge < -0.3 is 15.4 Å². The van der Waals surface area contributed by atoms with Crippen LogP contribution < -0.4 is 10.6 Å². The highest BCUT2D eigenvalue weighted by Crippen LogP contribution is 2.04. The van der Waals surface area contributed by atoms with E-state index in [0.29, 0.717) is 13.1 Å². The number of nitrogens with zero attached hydrogens (tertiary/aromatic N) is 2. The Bertz CT molecular complexity index is 443. The lowest BCUT2D eigenvalue weighted by Gasteiger charge is -2.24. The minimum Gasteiger partial charge on any atom is -0.377 e. The summed E-state index contributed by atoms with van der Waals surface area (Å²) in [5.41, 5.74) is 1.75. The van der Waals surface area contributed by atoms with Crippen LogP contribution in [0.3, 0.4) is 0 Å². The Balaban J connectivity index is 2.63. The summed E-state index contributed by atoms with van der Waals surface area (Å²) in [6, 6.07) is 5.97. The van der Waals surface area contributed by atoms with E-state index < -0.39 is 0 Å². The third-order valence-corrected chi connectivity index (χ3v) is 2.92. The SMILES string of the molecule is CCNC(=NCc1cccc(C)n1)NCC(C)(C)OC. The van der Waals surface area contributed by atoms with Crippen LogP contribution in [0.1, 0.15) is 32.2 Å². The molecule has 0 fully saturated rings. The summed E-state index contributed by atoms with van der Waals surface area (Å²) < 4.78 is 5.39. The molecule has 1 aromatic heterocycles. The maximum atomic E-state index is 5.39. The fourth-order valence-electron chi connectivity index (χ4n) is 1.56. The maximum Gasteiger partial charge on any atom is 0.191 e. The third-order valence-electron chi connectivity index (χ3n) is 2.92. The van der Waals surface area contributed by atoms with Crippen molar-refractivity contribution in [3.8, 4) is 0 Å². The van der Waals surface area contributed by atoms with Gasteiger partial charge in [-0.1, -0.05) is 6.07 Å². The molecule has 1 rings (SSSR count). The highest BCUT2D eigenvalue weighted by molar-refractivity contribution is 5.79. The van der Waals surface area contributed by atoms with E-state index in [-0.39, 0.29) is 5.60 Å². The first kappa shape index (κ1) is 16.4. The van der Waals surface area contributed by atoms with E-state index in [2.05, 4.69) is 20.6 Å². The Labute approximate surface area is 121 Å². The number of hydrogen-bond donors (Lipinski definition) is 2. The third kappa shape index (κ3) is 6.02. The second-order valence-electron chi connectivity index (χ2n) is 5.28. The number of guanidine groups is 1. The van der Waals surface area contributed by atoms with E-state index in [4.69, 9.17) is 4.74 Å². The van der Waals surface area contributed by atoms with Gasteiger partial charge >= 0.3 is 0 Å². The van der Waals surface area contributed by atoms with Crippen LogP contribution in [0, 0.1) is 6.92 Å². The number of methoxy groups -OCH3 is 1. The summed E-state index contributed by atoms with van der Waals surface area (Å²) in [5.74, 6) is 0.779. The molecule has 0 aliphatic rings. The molecule has 0 aliphatic heterocycles. The van der Waals surface area contributed by atoms with Gasteiger partial charge in [0.25, 0.3) is 0 Å². The van der Waals surface area contributed by atoms with Crippen molar-refractivity contribution in [3.63, 3.8) is 0 Å². The van der Waals surface area contributed by atoms with Gasteiger partial charge in [0.1, 0.15) is 0 Å². The average molecular weight is 278 g/mol. The van der Waals surface area contributed by atoms with Gasteiger partial charge in [0, 0.05) is 25.9 Å². The van der Waals surface area contributed by atoms with Crippen molar-refractivity contribution in [2.45, 2.75) is 39.8 Å². The van der Waals surface area contributed by atoms with Crippen LogP contribution in [0.15, 0.2) is 23.2 Å². The molecule has 112 valence electrons. The van der Waals surface area contributed by atoms with Crippen LogP contribution in [0.4, 0.5) is 0 Å². The molecule has 0 amide bonds. The topological polar surface area (TPSA) is 58.5 Å². The summed E-state index contributed by atoms with van der Waals surface area (Å²) in [6.07, 6.45) is 0. The summed E-state index contributed by atoms with van der Waals surface area (Å²) in [7, 11) is 1.71.